The van der Waals surface area contributed by atoms with Crippen LogP contribution in [0.4, 0.5) is 0 Å². The first-order valence-electron chi connectivity index (χ1n) is 7.72. The SMILES string of the molecule is C[C@@H]1CN2CCC[C@@H]2CN1S(=O)(=O)Cc1cccc(C#N)c1. The molecule has 22 heavy (non-hydrogen) atoms. The van der Waals surface area contributed by atoms with Gasteiger partial charge in [-0.15, -0.1) is 0 Å². The molecule has 1 aromatic rings. The second-order valence-corrected chi connectivity index (χ2v) is 8.20. The molecule has 3 rings (SSSR count). The van der Waals surface area contributed by atoms with Gasteiger partial charge in [0, 0.05) is 25.2 Å². The third-order valence-corrected chi connectivity index (χ3v) is 6.56. The topological polar surface area (TPSA) is 64.4 Å². The lowest BCUT2D eigenvalue weighted by atomic mass is 10.1. The number of hydrogen-bond acceptors (Lipinski definition) is 4. The molecule has 1 aromatic carbocycles. The van der Waals surface area contributed by atoms with Crippen LogP contribution in [0.5, 0.6) is 0 Å². The zero-order valence-corrected chi connectivity index (χ0v) is 13.6. The highest BCUT2D eigenvalue weighted by atomic mass is 32.2. The smallest absolute Gasteiger partial charge is 0.218 e. The molecule has 0 aliphatic carbocycles. The van der Waals surface area contributed by atoms with Gasteiger partial charge in [0.05, 0.1) is 17.4 Å². The standard InChI is InChI=1S/C16H21N3O2S/c1-13-10-18-7-3-6-16(18)11-19(13)22(20,21)12-15-5-2-4-14(8-15)9-17/h2,4-5,8,13,16H,3,6-7,10-12H2,1H3/t13-,16-/m1/s1. The largest absolute Gasteiger partial charge is 0.297 e. The molecule has 0 radical (unpaired) electrons. The van der Waals surface area contributed by atoms with Crippen LogP contribution < -0.4 is 0 Å². The van der Waals surface area contributed by atoms with Crippen molar-refractivity contribution in [1.82, 2.24) is 9.21 Å². The van der Waals surface area contributed by atoms with E-state index < -0.39 is 10.0 Å². The minimum Gasteiger partial charge on any atom is -0.297 e. The van der Waals surface area contributed by atoms with Gasteiger partial charge in [0.1, 0.15) is 0 Å². The maximum Gasteiger partial charge on any atom is 0.218 e. The first kappa shape index (κ1) is 15.5. The highest BCUT2D eigenvalue weighted by Crippen LogP contribution is 2.27. The van der Waals surface area contributed by atoms with Crippen LogP contribution in [0, 0.1) is 11.3 Å². The lowest BCUT2D eigenvalue weighted by molar-refractivity contribution is 0.117. The van der Waals surface area contributed by atoms with Crippen molar-refractivity contribution in [2.75, 3.05) is 19.6 Å². The highest BCUT2D eigenvalue weighted by Gasteiger charge is 2.39. The van der Waals surface area contributed by atoms with Gasteiger partial charge in [0.2, 0.25) is 10.0 Å². The van der Waals surface area contributed by atoms with Crippen LogP contribution >= 0.6 is 0 Å². The van der Waals surface area contributed by atoms with Crippen molar-refractivity contribution >= 4 is 10.0 Å². The number of piperazine rings is 1. The number of nitriles is 1. The molecule has 0 bridgehead atoms. The monoisotopic (exact) mass is 319 g/mol. The van der Waals surface area contributed by atoms with E-state index in [4.69, 9.17) is 5.26 Å². The Balaban J connectivity index is 1.78. The molecule has 2 aliphatic rings. The van der Waals surface area contributed by atoms with Crippen LogP contribution in [0.2, 0.25) is 0 Å². The van der Waals surface area contributed by atoms with Crippen molar-refractivity contribution in [2.45, 2.75) is 37.6 Å². The van der Waals surface area contributed by atoms with Gasteiger partial charge in [-0.3, -0.25) is 4.90 Å². The predicted molar refractivity (Wildman–Crippen MR) is 84.5 cm³/mol. The molecule has 2 fully saturated rings. The Morgan fingerprint density at radius 1 is 1.36 bits per heavy atom. The molecular formula is C16H21N3O2S. The van der Waals surface area contributed by atoms with Gasteiger partial charge in [-0.05, 0) is 44.0 Å². The molecular weight excluding hydrogens is 298 g/mol. The summed E-state index contributed by atoms with van der Waals surface area (Å²) < 4.78 is 27.2. The van der Waals surface area contributed by atoms with E-state index in [2.05, 4.69) is 11.0 Å². The van der Waals surface area contributed by atoms with Gasteiger partial charge >= 0.3 is 0 Å². The van der Waals surface area contributed by atoms with E-state index in [-0.39, 0.29) is 11.8 Å². The summed E-state index contributed by atoms with van der Waals surface area (Å²) in [5.74, 6) is -0.0282. The van der Waals surface area contributed by atoms with Crippen LogP contribution in [0.1, 0.15) is 30.9 Å². The van der Waals surface area contributed by atoms with Gasteiger partial charge in [-0.25, -0.2) is 8.42 Å². The molecule has 5 nitrogen and oxygen atoms in total. The maximum absolute atomic E-state index is 12.8. The lowest BCUT2D eigenvalue weighted by Crippen LogP contribution is -2.56. The maximum atomic E-state index is 12.8. The molecule has 0 aromatic heterocycles. The van der Waals surface area contributed by atoms with Gasteiger partial charge in [-0.2, -0.15) is 9.57 Å². The van der Waals surface area contributed by atoms with Crippen molar-refractivity contribution in [2.24, 2.45) is 0 Å². The molecule has 0 spiro atoms. The van der Waals surface area contributed by atoms with E-state index in [1.165, 1.54) is 0 Å². The molecule has 0 saturated carbocycles. The number of rotatable bonds is 3. The van der Waals surface area contributed by atoms with Crippen molar-refractivity contribution in [1.29, 1.82) is 5.26 Å². The minimum atomic E-state index is -3.35. The van der Waals surface area contributed by atoms with E-state index in [1.54, 1.807) is 28.6 Å². The Hall–Kier alpha value is -1.42. The average molecular weight is 319 g/mol. The summed E-state index contributed by atoms with van der Waals surface area (Å²) in [6, 6.07) is 9.30. The summed E-state index contributed by atoms with van der Waals surface area (Å²) >= 11 is 0. The van der Waals surface area contributed by atoms with Crippen LogP contribution in [-0.4, -0.2) is 49.3 Å². The first-order valence-corrected chi connectivity index (χ1v) is 9.33. The van der Waals surface area contributed by atoms with Crippen LogP contribution in [0.3, 0.4) is 0 Å². The highest BCUT2D eigenvalue weighted by molar-refractivity contribution is 7.88. The quantitative estimate of drug-likeness (QED) is 0.848. The second-order valence-electron chi connectivity index (χ2n) is 6.28. The fourth-order valence-corrected chi connectivity index (χ4v) is 5.35. The summed E-state index contributed by atoms with van der Waals surface area (Å²) in [6.07, 6.45) is 2.25. The third kappa shape index (κ3) is 3.02. The molecule has 2 heterocycles. The predicted octanol–water partition coefficient (Wildman–Crippen LogP) is 1.56. The molecule has 6 heteroatoms. The summed E-state index contributed by atoms with van der Waals surface area (Å²) in [5, 5.41) is 8.94. The van der Waals surface area contributed by atoms with Gasteiger partial charge in [0.15, 0.2) is 0 Å². The van der Waals surface area contributed by atoms with Crippen molar-refractivity contribution in [3.8, 4) is 6.07 Å². The van der Waals surface area contributed by atoms with Crippen LogP contribution in [-0.2, 0) is 15.8 Å². The molecule has 2 aliphatic heterocycles. The van der Waals surface area contributed by atoms with E-state index in [0.717, 1.165) is 25.9 Å². The zero-order chi connectivity index (χ0) is 15.7. The van der Waals surface area contributed by atoms with Crippen LogP contribution in [0.25, 0.3) is 0 Å². The molecule has 0 amide bonds. The lowest BCUT2D eigenvalue weighted by Gasteiger charge is -2.41. The minimum absolute atomic E-state index is 0.0125. The van der Waals surface area contributed by atoms with E-state index in [9.17, 15) is 8.42 Å². The first-order chi connectivity index (χ1) is 10.5. The molecule has 2 atom stereocenters. The second kappa shape index (κ2) is 5.99. The van der Waals surface area contributed by atoms with Crippen LogP contribution in [0.15, 0.2) is 24.3 Å². The Bertz CT molecular complexity index is 696. The number of hydrogen-bond donors (Lipinski definition) is 0. The Kier molecular flexibility index (Phi) is 4.22. The molecule has 118 valence electrons. The van der Waals surface area contributed by atoms with E-state index in [0.29, 0.717) is 23.7 Å². The number of sulfonamides is 1. The number of fused-ring (bicyclic) bond motifs is 1. The van der Waals surface area contributed by atoms with Gasteiger partial charge in [-0.1, -0.05) is 12.1 Å². The fourth-order valence-electron chi connectivity index (χ4n) is 3.57. The summed E-state index contributed by atoms with van der Waals surface area (Å²) in [5.41, 5.74) is 1.18. The molecule has 0 unspecified atom stereocenters. The van der Waals surface area contributed by atoms with Gasteiger partial charge < -0.3 is 0 Å². The van der Waals surface area contributed by atoms with E-state index >= 15 is 0 Å². The van der Waals surface area contributed by atoms with Crippen molar-refractivity contribution in [3.63, 3.8) is 0 Å². The van der Waals surface area contributed by atoms with E-state index in [1.807, 2.05) is 6.92 Å². The molecule has 0 N–H and O–H groups in total. The third-order valence-electron chi connectivity index (χ3n) is 4.64. The summed E-state index contributed by atoms with van der Waals surface area (Å²) in [4.78, 5) is 2.41. The fraction of sp³-hybridized carbons (Fsp3) is 0.562. The van der Waals surface area contributed by atoms with Crippen molar-refractivity contribution < 1.29 is 8.42 Å². The zero-order valence-electron chi connectivity index (χ0n) is 12.8. The number of nitrogens with zero attached hydrogens (tertiary/aromatic N) is 3. The van der Waals surface area contributed by atoms with Gasteiger partial charge in [0.25, 0.3) is 0 Å². The Labute approximate surface area is 132 Å². The summed E-state index contributed by atoms with van der Waals surface area (Å²) in [7, 11) is -3.35. The molecule has 2 saturated heterocycles. The van der Waals surface area contributed by atoms with Crippen molar-refractivity contribution in [3.05, 3.63) is 35.4 Å². The average Bonchev–Trinajstić information content (AvgIpc) is 2.93. The number of benzene rings is 1. The Morgan fingerprint density at radius 3 is 2.95 bits per heavy atom. The normalized spacial score (nSPS) is 26.5. The Morgan fingerprint density at radius 2 is 2.18 bits per heavy atom. The summed E-state index contributed by atoms with van der Waals surface area (Å²) in [6.45, 7) is 4.49.